The quantitative estimate of drug-likeness (QED) is 0.721. The highest BCUT2D eigenvalue weighted by Gasteiger charge is 2.36. The van der Waals surface area contributed by atoms with Gasteiger partial charge in [-0.2, -0.15) is 10.2 Å². The molecule has 0 saturated heterocycles. The zero-order valence-corrected chi connectivity index (χ0v) is 20.0. The van der Waals surface area contributed by atoms with E-state index in [2.05, 4.69) is 69.9 Å². The van der Waals surface area contributed by atoms with E-state index in [1.807, 2.05) is 0 Å². The molecule has 0 aromatic carbocycles. The van der Waals surface area contributed by atoms with Crippen LogP contribution < -0.4 is 5.32 Å². The first-order chi connectivity index (χ1) is 15.4. The predicted molar refractivity (Wildman–Crippen MR) is 125 cm³/mol. The lowest BCUT2D eigenvalue weighted by molar-refractivity contribution is -0.123. The van der Waals surface area contributed by atoms with Gasteiger partial charge in [-0.05, 0) is 90.2 Å². The van der Waals surface area contributed by atoms with Crippen LogP contribution in [0.2, 0.25) is 0 Å². The van der Waals surface area contributed by atoms with Crippen LogP contribution in [-0.2, 0) is 30.5 Å². The molecule has 2 aromatic heterocycles. The Hall–Kier alpha value is -2.15. The minimum absolute atomic E-state index is 0.194. The Morgan fingerprint density at radius 3 is 1.88 bits per heavy atom. The molecule has 1 amide bonds. The lowest BCUT2D eigenvalue weighted by atomic mass is 9.87. The molecule has 0 bridgehead atoms. The van der Waals surface area contributed by atoms with Gasteiger partial charge in [0.05, 0.1) is 18.9 Å². The Labute approximate surface area is 191 Å². The zero-order chi connectivity index (χ0) is 22.4. The molecule has 3 aliphatic rings. The normalized spacial score (nSPS) is 23.0. The van der Waals surface area contributed by atoms with Gasteiger partial charge in [0.2, 0.25) is 5.91 Å². The van der Waals surface area contributed by atoms with E-state index in [1.54, 1.807) is 0 Å². The predicted octanol–water partition coefficient (Wildman–Crippen LogP) is 3.24. The highest BCUT2D eigenvalue weighted by molar-refractivity contribution is 5.78. The summed E-state index contributed by atoms with van der Waals surface area (Å²) in [5, 5.41) is 12.6. The average molecular weight is 439 g/mol. The summed E-state index contributed by atoms with van der Waals surface area (Å²) in [5.74, 6) is 0.194. The molecule has 2 aromatic rings. The summed E-state index contributed by atoms with van der Waals surface area (Å²) in [4.78, 5) is 15.4. The highest BCUT2D eigenvalue weighted by atomic mass is 16.2. The monoisotopic (exact) mass is 438 g/mol. The summed E-state index contributed by atoms with van der Waals surface area (Å²) in [6, 6.07) is 1.98. The number of fused-ring (bicyclic) bond motifs is 2. The molecule has 2 unspecified atom stereocenters. The Bertz CT molecular complexity index is 905. The highest BCUT2D eigenvalue weighted by Crippen LogP contribution is 2.32. The van der Waals surface area contributed by atoms with Gasteiger partial charge < -0.3 is 5.32 Å². The first-order valence-electron chi connectivity index (χ1n) is 12.6. The SMILES string of the molecule is CC(C)n1ncc2c1CCC(N(CC(=O)NC1CC1)C1CCc3c(cnn3C(C)C)C1)C2. The molecular weight excluding hydrogens is 400 g/mol. The maximum absolute atomic E-state index is 12.9. The minimum Gasteiger partial charge on any atom is -0.352 e. The van der Waals surface area contributed by atoms with Gasteiger partial charge in [0.15, 0.2) is 0 Å². The molecule has 32 heavy (non-hydrogen) atoms. The molecular formula is C25H38N6O. The van der Waals surface area contributed by atoms with Crippen molar-refractivity contribution in [3.63, 3.8) is 0 Å². The van der Waals surface area contributed by atoms with E-state index in [-0.39, 0.29) is 5.91 Å². The van der Waals surface area contributed by atoms with Crippen molar-refractivity contribution < 1.29 is 4.79 Å². The smallest absolute Gasteiger partial charge is 0.234 e. The third-order valence-electron chi connectivity index (χ3n) is 7.50. The molecule has 0 aliphatic heterocycles. The van der Waals surface area contributed by atoms with E-state index in [4.69, 9.17) is 0 Å². The van der Waals surface area contributed by atoms with E-state index in [1.165, 1.54) is 22.5 Å². The first kappa shape index (κ1) is 21.7. The fourth-order valence-corrected chi connectivity index (χ4v) is 5.74. The number of carbonyl (C=O) groups is 1. The molecule has 2 atom stereocenters. The van der Waals surface area contributed by atoms with Crippen LogP contribution in [0, 0.1) is 0 Å². The average Bonchev–Trinajstić information content (AvgIpc) is 3.31. The second-order valence-corrected chi connectivity index (χ2v) is 10.6. The van der Waals surface area contributed by atoms with Crippen LogP contribution in [0.5, 0.6) is 0 Å². The Morgan fingerprint density at radius 2 is 1.44 bits per heavy atom. The van der Waals surface area contributed by atoms with E-state index in [0.717, 1.165) is 51.4 Å². The van der Waals surface area contributed by atoms with Crippen LogP contribution in [0.25, 0.3) is 0 Å². The van der Waals surface area contributed by atoms with Crippen LogP contribution in [-0.4, -0.2) is 55.0 Å². The van der Waals surface area contributed by atoms with Gasteiger partial charge in [-0.25, -0.2) is 0 Å². The summed E-state index contributed by atoms with van der Waals surface area (Å²) >= 11 is 0. The summed E-state index contributed by atoms with van der Waals surface area (Å²) in [5.41, 5.74) is 5.52. The third kappa shape index (κ3) is 4.24. The first-order valence-corrected chi connectivity index (χ1v) is 12.6. The molecule has 1 N–H and O–H groups in total. The van der Waals surface area contributed by atoms with E-state index >= 15 is 0 Å². The molecule has 0 spiro atoms. The van der Waals surface area contributed by atoms with Crippen LogP contribution >= 0.6 is 0 Å². The van der Waals surface area contributed by atoms with Crippen molar-refractivity contribution >= 4 is 5.91 Å². The number of carbonyl (C=O) groups excluding carboxylic acids is 1. The van der Waals surface area contributed by atoms with Gasteiger partial charge in [-0.15, -0.1) is 0 Å². The fraction of sp³-hybridized carbons (Fsp3) is 0.720. The minimum atomic E-state index is 0.194. The third-order valence-corrected chi connectivity index (χ3v) is 7.50. The van der Waals surface area contributed by atoms with Gasteiger partial charge in [0, 0.05) is 41.6 Å². The van der Waals surface area contributed by atoms with E-state index < -0.39 is 0 Å². The Morgan fingerprint density at radius 1 is 0.938 bits per heavy atom. The number of aromatic nitrogens is 4. The molecule has 0 radical (unpaired) electrons. The van der Waals surface area contributed by atoms with Crippen LogP contribution in [0.3, 0.4) is 0 Å². The second-order valence-electron chi connectivity index (χ2n) is 10.6. The standard InChI is InChI=1S/C25H38N6O/c1-16(2)30-23-9-7-21(11-18(23)13-26-30)29(15-25(32)28-20-5-6-20)22-8-10-24-19(12-22)14-27-31(24)17(3)4/h13-14,16-17,20-22H,5-12,15H2,1-4H3,(H,28,32). The number of amides is 1. The molecule has 7 heteroatoms. The molecule has 2 heterocycles. The van der Waals surface area contributed by atoms with Gasteiger partial charge in [-0.1, -0.05) is 0 Å². The van der Waals surface area contributed by atoms with Crippen LogP contribution in [0.15, 0.2) is 12.4 Å². The lowest BCUT2D eigenvalue weighted by Gasteiger charge is -2.41. The molecule has 1 fully saturated rings. The summed E-state index contributed by atoms with van der Waals surface area (Å²) in [6.07, 6.45) is 12.7. The number of hydrogen-bond donors (Lipinski definition) is 1. The fourth-order valence-electron chi connectivity index (χ4n) is 5.74. The molecule has 174 valence electrons. The molecule has 3 aliphatic carbocycles. The summed E-state index contributed by atoms with van der Waals surface area (Å²) in [6.45, 7) is 9.30. The summed E-state index contributed by atoms with van der Waals surface area (Å²) < 4.78 is 4.37. The van der Waals surface area contributed by atoms with Gasteiger partial charge in [0.1, 0.15) is 0 Å². The molecule has 7 nitrogen and oxygen atoms in total. The topological polar surface area (TPSA) is 68.0 Å². The van der Waals surface area contributed by atoms with Gasteiger partial charge >= 0.3 is 0 Å². The number of nitrogens with zero attached hydrogens (tertiary/aromatic N) is 5. The van der Waals surface area contributed by atoms with Crippen molar-refractivity contribution in [2.24, 2.45) is 0 Å². The van der Waals surface area contributed by atoms with Gasteiger partial charge in [-0.3, -0.25) is 19.1 Å². The lowest BCUT2D eigenvalue weighted by Crippen LogP contribution is -2.52. The van der Waals surface area contributed by atoms with Crippen molar-refractivity contribution in [1.29, 1.82) is 0 Å². The van der Waals surface area contributed by atoms with Crippen LogP contribution in [0.4, 0.5) is 0 Å². The maximum atomic E-state index is 12.9. The van der Waals surface area contributed by atoms with Crippen molar-refractivity contribution in [1.82, 2.24) is 29.8 Å². The van der Waals surface area contributed by atoms with Gasteiger partial charge in [0.25, 0.3) is 0 Å². The molecule has 5 rings (SSSR count). The van der Waals surface area contributed by atoms with Crippen molar-refractivity contribution in [3.05, 3.63) is 34.9 Å². The summed E-state index contributed by atoms with van der Waals surface area (Å²) in [7, 11) is 0. The number of rotatable bonds is 7. The van der Waals surface area contributed by atoms with Crippen molar-refractivity contribution in [3.8, 4) is 0 Å². The second kappa shape index (κ2) is 8.65. The van der Waals surface area contributed by atoms with E-state index in [9.17, 15) is 4.79 Å². The van der Waals surface area contributed by atoms with Crippen molar-refractivity contribution in [2.75, 3.05) is 6.54 Å². The Kier molecular flexibility index (Phi) is 5.86. The number of nitrogens with one attached hydrogen (secondary N) is 1. The number of hydrogen-bond acceptors (Lipinski definition) is 4. The van der Waals surface area contributed by atoms with Crippen LogP contribution in [0.1, 0.15) is 88.0 Å². The largest absolute Gasteiger partial charge is 0.352 e. The maximum Gasteiger partial charge on any atom is 0.234 e. The molecule has 1 saturated carbocycles. The zero-order valence-electron chi connectivity index (χ0n) is 20.0. The Balaban J connectivity index is 1.36. The van der Waals surface area contributed by atoms with E-state index in [0.29, 0.717) is 36.8 Å². The van der Waals surface area contributed by atoms with Crippen molar-refractivity contribution in [2.45, 2.75) is 109 Å².